The molecule has 1 atom stereocenters. The van der Waals surface area contributed by atoms with Gasteiger partial charge < -0.3 is 20.5 Å². The number of amides is 3. The fourth-order valence-electron chi connectivity index (χ4n) is 2.35. The van der Waals surface area contributed by atoms with E-state index in [1.54, 1.807) is 37.3 Å². The Morgan fingerprint density at radius 3 is 2.46 bits per heavy atom. The number of nitrogens with one attached hydrogen (secondary N) is 2. The molecule has 2 aromatic carbocycles. The molecule has 0 saturated heterocycles. The fourth-order valence-corrected chi connectivity index (χ4v) is 2.51. The van der Waals surface area contributed by atoms with Gasteiger partial charge >= 0.3 is 12.0 Å². The Bertz CT molecular complexity index is 873. The fraction of sp³-hybridized carbons (Fsp3) is 0.211. The predicted molar refractivity (Wildman–Crippen MR) is 104 cm³/mol. The third-order valence-corrected chi connectivity index (χ3v) is 4.01. The highest BCUT2D eigenvalue weighted by Gasteiger charge is 2.28. The van der Waals surface area contributed by atoms with Crippen molar-refractivity contribution in [1.82, 2.24) is 10.6 Å². The number of hydrogen-bond acceptors (Lipinski definition) is 6. The number of halogens is 1. The van der Waals surface area contributed by atoms with Crippen LogP contribution in [0.15, 0.2) is 42.5 Å². The van der Waals surface area contributed by atoms with Crippen LogP contribution in [-0.2, 0) is 9.53 Å². The molecular formula is C19H20ClN3O5. The smallest absolute Gasteiger partial charge is 0.343 e. The van der Waals surface area contributed by atoms with E-state index in [2.05, 4.69) is 10.6 Å². The van der Waals surface area contributed by atoms with Crippen LogP contribution in [-0.4, -0.2) is 31.6 Å². The minimum Gasteiger partial charge on any atom is -0.496 e. The molecule has 4 N–H and O–H groups in total. The van der Waals surface area contributed by atoms with Crippen molar-refractivity contribution in [2.45, 2.75) is 13.0 Å². The number of carbonyl (C=O) groups is 3. The van der Waals surface area contributed by atoms with E-state index >= 15 is 0 Å². The number of hydrogen-bond donors (Lipinski definition) is 3. The molecule has 8 nitrogen and oxygen atoms in total. The van der Waals surface area contributed by atoms with Crippen molar-refractivity contribution < 1.29 is 23.9 Å². The quantitative estimate of drug-likeness (QED) is 0.502. The van der Waals surface area contributed by atoms with Gasteiger partial charge in [-0.3, -0.25) is 10.1 Å². The number of methoxy groups -OCH3 is 1. The standard InChI is InChI=1S/C19H20ClN3O5/c1-3-22-19(26)23-17(24)16(11-7-5-4-6-8-11)28-18(25)12-9-13(20)14(21)10-15(12)27-2/h4-10,16H,3,21H2,1-2H3,(H2,22,23,24,26). The molecule has 0 radical (unpaired) electrons. The zero-order valence-electron chi connectivity index (χ0n) is 15.3. The third-order valence-electron chi connectivity index (χ3n) is 3.68. The lowest BCUT2D eigenvalue weighted by Crippen LogP contribution is -2.42. The van der Waals surface area contributed by atoms with E-state index in [1.165, 1.54) is 19.2 Å². The zero-order valence-corrected chi connectivity index (χ0v) is 16.1. The lowest BCUT2D eigenvalue weighted by atomic mass is 10.1. The average molecular weight is 406 g/mol. The molecule has 9 heteroatoms. The van der Waals surface area contributed by atoms with E-state index in [0.717, 1.165) is 0 Å². The van der Waals surface area contributed by atoms with Gasteiger partial charge in [-0.15, -0.1) is 0 Å². The van der Waals surface area contributed by atoms with Crippen LogP contribution in [0.3, 0.4) is 0 Å². The van der Waals surface area contributed by atoms with Gasteiger partial charge in [0.2, 0.25) is 6.10 Å². The molecule has 28 heavy (non-hydrogen) atoms. The Kier molecular flexibility index (Phi) is 7.22. The lowest BCUT2D eigenvalue weighted by molar-refractivity contribution is -0.129. The Morgan fingerprint density at radius 1 is 1.18 bits per heavy atom. The van der Waals surface area contributed by atoms with Gasteiger partial charge in [-0.25, -0.2) is 9.59 Å². The second-order valence-electron chi connectivity index (χ2n) is 5.62. The number of carbonyl (C=O) groups excluding carboxylic acids is 3. The Balaban J connectivity index is 2.32. The van der Waals surface area contributed by atoms with Gasteiger partial charge in [0.15, 0.2) is 0 Å². The van der Waals surface area contributed by atoms with Crippen LogP contribution in [0.1, 0.15) is 28.9 Å². The van der Waals surface area contributed by atoms with Crippen molar-refractivity contribution in [3.63, 3.8) is 0 Å². The van der Waals surface area contributed by atoms with Gasteiger partial charge in [0.1, 0.15) is 11.3 Å². The van der Waals surface area contributed by atoms with Gasteiger partial charge in [0, 0.05) is 18.2 Å². The first kappa shape index (κ1) is 21.0. The minimum atomic E-state index is -1.36. The summed E-state index contributed by atoms with van der Waals surface area (Å²) < 4.78 is 10.5. The minimum absolute atomic E-state index is 0.00607. The maximum Gasteiger partial charge on any atom is 0.343 e. The van der Waals surface area contributed by atoms with Crippen molar-refractivity contribution >= 4 is 35.2 Å². The van der Waals surface area contributed by atoms with E-state index in [4.69, 9.17) is 26.8 Å². The van der Waals surface area contributed by atoms with Crippen LogP contribution in [0.25, 0.3) is 0 Å². The molecule has 2 rings (SSSR count). The van der Waals surface area contributed by atoms with E-state index in [1.807, 2.05) is 0 Å². The van der Waals surface area contributed by atoms with Gasteiger partial charge in [-0.05, 0) is 13.0 Å². The maximum atomic E-state index is 12.7. The number of nitrogen functional groups attached to an aromatic ring is 1. The van der Waals surface area contributed by atoms with Crippen molar-refractivity contribution in [3.8, 4) is 5.75 Å². The monoisotopic (exact) mass is 405 g/mol. The largest absolute Gasteiger partial charge is 0.496 e. The maximum absolute atomic E-state index is 12.7. The van der Waals surface area contributed by atoms with Crippen LogP contribution < -0.4 is 21.1 Å². The molecule has 0 fully saturated rings. The molecule has 0 bridgehead atoms. The number of benzene rings is 2. The molecule has 0 aliphatic carbocycles. The van der Waals surface area contributed by atoms with Crippen molar-refractivity contribution in [1.29, 1.82) is 0 Å². The number of rotatable bonds is 6. The topological polar surface area (TPSA) is 120 Å². The van der Waals surface area contributed by atoms with Crippen LogP contribution >= 0.6 is 11.6 Å². The van der Waals surface area contributed by atoms with E-state index in [9.17, 15) is 14.4 Å². The van der Waals surface area contributed by atoms with Crippen molar-refractivity contribution in [3.05, 3.63) is 58.6 Å². The van der Waals surface area contributed by atoms with Gasteiger partial charge in [-0.2, -0.15) is 0 Å². The average Bonchev–Trinajstić information content (AvgIpc) is 2.68. The highest BCUT2D eigenvalue weighted by Crippen LogP contribution is 2.30. The normalized spacial score (nSPS) is 11.2. The molecule has 0 saturated carbocycles. The summed E-state index contributed by atoms with van der Waals surface area (Å²) in [5, 5.41) is 4.71. The highest BCUT2D eigenvalue weighted by atomic mass is 35.5. The molecular weight excluding hydrogens is 386 g/mol. The van der Waals surface area contributed by atoms with Gasteiger partial charge in [0.05, 0.1) is 17.8 Å². The van der Waals surface area contributed by atoms with Gasteiger partial charge in [0.25, 0.3) is 5.91 Å². The zero-order chi connectivity index (χ0) is 20.7. The number of imide groups is 1. The summed E-state index contributed by atoms with van der Waals surface area (Å²) in [5.41, 5.74) is 6.32. The molecule has 1 unspecified atom stereocenters. The van der Waals surface area contributed by atoms with E-state index in [-0.39, 0.29) is 22.0 Å². The summed E-state index contributed by atoms with van der Waals surface area (Å²) in [6.07, 6.45) is -1.36. The number of urea groups is 1. The van der Waals surface area contributed by atoms with Gasteiger partial charge in [-0.1, -0.05) is 41.9 Å². The van der Waals surface area contributed by atoms with E-state index in [0.29, 0.717) is 12.1 Å². The Hall–Kier alpha value is -3.26. The molecule has 0 aromatic heterocycles. The first-order chi connectivity index (χ1) is 13.4. The summed E-state index contributed by atoms with van der Waals surface area (Å²) in [5.74, 6) is -1.52. The second kappa shape index (κ2) is 9.61. The third kappa shape index (κ3) is 5.14. The van der Waals surface area contributed by atoms with E-state index < -0.39 is 24.0 Å². The molecule has 0 heterocycles. The summed E-state index contributed by atoms with van der Waals surface area (Å²) in [6.45, 7) is 2.03. The Labute approximate surface area is 166 Å². The van der Waals surface area contributed by atoms with Crippen LogP contribution in [0.2, 0.25) is 5.02 Å². The predicted octanol–water partition coefficient (Wildman–Crippen LogP) is 2.67. The molecule has 2 aromatic rings. The second-order valence-corrected chi connectivity index (χ2v) is 6.03. The Morgan fingerprint density at radius 2 is 1.86 bits per heavy atom. The summed E-state index contributed by atoms with van der Waals surface area (Å²) in [6, 6.07) is 10.3. The molecule has 148 valence electrons. The van der Waals surface area contributed by atoms with Crippen molar-refractivity contribution in [2.75, 3.05) is 19.4 Å². The SMILES string of the molecule is CCNC(=O)NC(=O)C(OC(=O)c1cc(Cl)c(N)cc1OC)c1ccccc1. The van der Waals surface area contributed by atoms with Crippen LogP contribution in [0, 0.1) is 0 Å². The number of esters is 1. The number of anilines is 1. The van der Waals surface area contributed by atoms with Crippen LogP contribution in [0.4, 0.5) is 10.5 Å². The molecule has 0 aliphatic rings. The summed E-state index contributed by atoms with van der Waals surface area (Å²) in [4.78, 5) is 36.9. The highest BCUT2D eigenvalue weighted by molar-refractivity contribution is 6.33. The van der Waals surface area contributed by atoms with Crippen molar-refractivity contribution in [2.24, 2.45) is 0 Å². The molecule has 0 aliphatic heterocycles. The molecule has 0 spiro atoms. The lowest BCUT2D eigenvalue weighted by Gasteiger charge is -2.19. The summed E-state index contributed by atoms with van der Waals surface area (Å²) >= 11 is 5.99. The number of nitrogens with two attached hydrogens (primary N) is 1. The first-order valence-electron chi connectivity index (χ1n) is 8.35. The van der Waals surface area contributed by atoms with Crippen LogP contribution in [0.5, 0.6) is 5.75 Å². The number of ether oxygens (including phenoxy) is 2. The molecule has 3 amide bonds. The summed E-state index contributed by atoms with van der Waals surface area (Å²) in [7, 11) is 1.36. The first-order valence-corrected chi connectivity index (χ1v) is 8.72.